The van der Waals surface area contributed by atoms with Gasteiger partial charge in [0.15, 0.2) is 5.82 Å². The van der Waals surface area contributed by atoms with Crippen molar-refractivity contribution in [1.29, 1.82) is 0 Å². The Hall–Kier alpha value is -1.32. The maximum atomic E-state index is 11.9. The molecular weight excluding hydrogens is 202 g/mol. The Morgan fingerprint density at radius 2 is 2.38 bits per heavy atom. The molecule has 4 heteroatoms. The van der Waals surface area contributed by atoms with Crippen molar-refractivity contribution in [3.8, 4) is 0 Å². The number of carbonyl (C=O) groups is 1. The van der Waals surface area contributed by atoms with Crippen LogP contribution in [0.15, 0.2) is 12.4 Å². The number of aryl methyl sites for hydroxylation is 1. The molecule has 0 saturated heterocycles. The molecule has 1 heterocycles. The molecule has 1 saturated carbocycles. The minimum atomic E-state index is -0.0600. The van der Waals surface area contributed by atoms with Crippen LogP contribution >= 0.6 is 0 Å². The highest BCUT2D eigenvalue weighted by Gasteiger charge is 2.32. The molecule has 1 aromatic rings. The summed E-state index contributed by atoms with van der Waals surface area (Å²) in [4.78, 5) is 15.9. The SMILES string of the molecule is Cn1ccnc1C(=O)NC1CCC(C)(C)C1. The zero-order valence-electron chi connectivity index (χ0n) is 10.2. The molecule has 0 aromatic carbocycles. The van der Waals surface area contributed by atoms with Crippen LogP contribution in [0.5, 0.6) is 0 Å². The van der Waals surface area contributed by atoms with Gasteiger partial charge in [0.1, 0.15) is 0 Å². The molecule has 0 bridgehead atoms. The summed E-state index contributed by atoms with van der Waals surface area (Å²) in [5, 5.41) is 3.06. The van der Waals surface area contributed by atoms with Crippen LogP contribution in [0.2, 0.25) is 0 Å². The zero-order chi connectivity index (χ0) is 11.8. The van der Waals surface area contributed by atoms with E-state index in [0.29, 0.717) is 17.3 Å². The third-order valence-electron chi connectivity index (χ3n) is 3.33. The molecule has 16 heavy (non-hydrogen) atoms. The van der Waals surface area contributed by atoms with E-state index in [2.05, 4.69) is 24.1 Å². The largest absolute Gasteiger partial charge is 0.347 e. The Bertz CT molecular complexity index is 395. The second-order valence-corrected chi connectivity index (χ2v) is 5.44. The molecule has 4 nitrogen and oxygen atoms in total. The van der Waals surface area contributed by atoms with E-state index in [9.17, 15) is 4.79 Å². The Labute approximate surface area is 96.1 Å². The van der Waals surface area contributed by atoms with Crippen LogP contribution in [0.3, 0.4) is 0 Å². The van der Waals surface area contributed by atoms with Gasteiger partial charge in [-0.05, 0) is 24.7 Å². The van der Waals surface area contributed by atoms with Crippen LogP contribution < -0.4 is 5.32 Å². The van der Waals surface area contributed by atoms with Crippen LogP contribution in [0.25, 0.3) is 0 Å². The smallest absolute Gasteiger partial charge is 0.287 e. The summed E-state index contributed by atoms with van der Waals surface area (Å²) in [5.74, 6) is 0.430. The first-order chi connectivity index (χ1) is 7.48. The van der Waals surface area contributed by atoms with Gasteiger partial charge in [-0.3, -0.25) is 4.79 Å². The van der Waals surface area contributed by atoms with Gasteiger partial charge < -0.3 is 9.88 Å². The highest BCUT2D eigenvalue weighted by molar-refractivity contribution is 5.90. The monoisotopic (exact) mass is 221 g/mol. The lowest BCUT2D eigenvalue weighted by atomic mass is 9.92. The molecule has 1 fully saturated rings. The number of nitrogens with one attached hydrogen (secondary N) is 1. The van der Waals surface area contributed by atoms with E-state index in [1.165, 1.54) is 6.42 Å². The number of nitrogens with zero attached hydrogens (tertiary/aromatic N) is 2. The van der Waals surface area contributed by atoms with E-state index >= 15 is 0 Å². The van der Waals surface area contributed by atoms with Gasteiger partial charge in [-0.2, -0.15) is 0 Å². The molecular formula is C12H19N3O. The summed E-state index contributed by atoms with van der Waals surface area (Å²) < 4.78 is 1.75. The molecule has 0 spiro atoms. The Morgan fingerprint density at radius 3 is 2.88 bits per heavy atom. The Kier molecular flexibility index (Phi) is 2.74. The molecule has 0 aliphatic heterocycles. The van der Waals surface area contributed by atoms with Gasteiger partial charge in [0, 0.05) is 25.5 Å². The molecule has 1 aromatic heterocycles. The molecule has 1 atom stereocenters. The maximum absolute atomic E-state index is 11.9. The van der Waals surface area contributed by atoms with Crippen LogP contribution in [0.4, 0.5) is 0 Å². The van der Waals surface area contributed by atoms with E-state index < -0.39 is 0 Å². The number of imidazole rings is 1. The fourth-order valence-corrected chi connectivity index (χ4v) is 2.39. The van der Waals surface area contributed by atoms with Gasteiger partial charge >= 0.3 is 0 Å². The van der Waals surface area contributed by atoms with Crippen molar-refractivity contribution < 1.29 is 4.79 Å². The van der Waals surface area contributed by atoms with Crippen molar-refractivity contribution in [2.45, 2.75) is 39.2 Å². The Balaban J connectivity index is 1.97. The van der Waals surface area contributed by atoms with Gasteiger partial charge in [0.25, 0.3) is 5.91 Å². The lowest BCUT2D eigenvalue weighted by molar-refractivity contribution is 0.0922. The molecule has 1 aliphatic carbocycles. The third kappa shape index (κ3) is 2.26. The van der Waals surface area contributed by atoms with E-state index in [4.69, 9.17) is 0 Å². The summed E-state index contributed by atoms with van der Waals surface area (Å²) >= 11 is 0. The molecule has 1 unspecified atom stereocenters. The number of aromatic nitrogens is 2. The highest BCUT2D eigenvalue weighted by atomic mass is 16.2. The average Bonchev–Trinajstić information content (AvgIpc) is 2.72. The van der Waals surface area contributed by atoms with E-state index in [1.54, 1.807) is 17.0 Å². The first-order valence-corrected chi connectivity index (χ1v) is 5.76. The molecule has 1 aliphatic rings. The number of hydrogen-bond acceptors (Lipinski definition) is 2. The minimum absolute atomic E-state index is 0.0600. The van der Waals surface area contributed by atoms with Crippen LogP contribution in [0, 0.1) is 5.41 Å². The van der Waals surface area contributed by atoms with Gasteiger partial charge in [-0.1, -0.05) is 13.8 Å². The quantitative estimate of drug-likeness (QED) is 0.826. The second kappa shape index (κ2) is 3.92. The topological polar surface area (TPSA) is 46.9 Å². The van der Waals surface area contributed by atoms with Crippen LogP contribution in [-0.4, -0.2) is 21.5 Å². The van der Waals surface area contributed by atoms with E-state index in [0.717, 1.165) is 12.8 Å². The van der Waals surface area contributed by atoms with Crippen molar-refractivity contribution >= 4 is 5.91 Å². The van der Waals surface area contributed by atoms with Crippen LogP contribution in [0.1, 0.15) is 43.7 Å². The van der Waals surface area contributed by atoms with Crippen molar-refractivity contribution in [2.24, 2.45) is 12.5 Å². The summed E-state index contributed by atoms with van der Waals surface area (Å²) in [6, 6.07) is 0.305. The fraction of sp³-hybridized carbons (Fsp3) is 0.667. The summed E-state index contributed by atoms with van der Waals surface area (Å²) in [6.45, 7) is 4.50. The normalized spacial score (nSPS) is 23.3. The second-order valence-electron chi connectivity index (χ2n) is 5.44. The number of carbonyl (C=O) groups excluding carboxylic acids is 1. The van der Waals surface area contributed by atoms with Crippen LogP contribution in [-0.2, 0) is 7.05 Å². The van der Waals surface area contributed by atoms with Crippen molar-refractivity contribution in [2.75, 3.05) is 0 Å². The Morgan fingerprint density at radius 1 is 1.62 bits per heavy atom. The van der Waals surface area contributed by atoms with Crippen molar-refractivity contribution in [3.63, 3.8) is 0 Å². The molecule has 2 rings (SSSR count). The highest BCUT2D eigenvalue weighted by Crippen LogP contribution is 2.36. The maximum Gasteiger partial charge on any atom is 0.287 e. The fourth-order valence-electron chi connectivity index (χ4n) is 2.39. The zero-order valence-corrected chi connectivity index (χ0v) is 10.2. The third-order valence-corrected chi connectivity index (χ3v) is 3.33. The van der Waals surface area contributed by atoms with E-state index in [-0.39, 0.29) is 5.91 Å². The van der Waals surface area contributed by atoms with Gasteiger partial charge in [-0.25, -0.2) is 4.98 Å². The summed E-state index contributed by atoms with van der Waals surface area (Å²) in [6.07, 6.45) is 6.74. The number of rotatable bonds is 2. The lowest BCUT2D eigenvalue weighted by Gasteiger charge is -2.17. The predicted octanol–water partition coefficient (Wildman–Crippen LogP) is 1.73. The molecule has 1 N–H and O–H groups in total. The first-order valence-electron chi connectivity index (χ1n) is 5.76. The lowest BCUT2D eigenvalue weighted by Crippen LogP contribution is -2.35. The average molecular weight is 221 g/mol. The van der Waals surface area contributed by atoms with Gasteiger partial charge in [-0.15, -0.1) is 0 Å². The van der Waals surface area contributed by atoms with Gasteiger partial charge in [0.05, 0.1) is 0 Å². The molecule has 1 amide bonds. The standard InChI is InChI=1S/C12H19N3O/c1-12(2)5-4-9(8-12)14-11(16)10-13-6-7-15(10)3/h6-7,9H,4-5,8H2,1-3H3,(H,14,16). The summed E-state index contributed by atoms with van der Waals surface area (Å²) in [5.41, 5.74) is 0.361. The number of amides is 1. The number of hydrogen-bond donors (Lipinski definition) is 1. The van der Waals surface area contributed by atoms with E-state index in [1.807, 2.05) is 7.05 Å². The van der Waals surface area contributed by atoms with Crippen molar-refractivity contribution in [3.05, 3.63) is 18.2 Å². The van der Waals surface area contributed by atoms with Gasteiger partial charge in [0.2, 0.25) is 0 Å². The summed E-state index contributed by atoms with van der Waals surface area (Å²) in [7, 11) is 1.83. The molecule has 88 valence electrons. The first kappa shape index (κ1) is 11.2. The molecule has 0 radical (unpaired) electrons. The predicted molar refractivity (Wildman–Crippen MR) is 62.1 cm³/mol. The minimum Gasteiger partial charge on any atom is -0.347 e. The van der Waals surface area contributed by atoms with Crippen molar-refractivity contribution in [1.82, 2.24) is 14.9 Å².